The molecule has 104 valence electrons. The van der Waals surface area contributed by atoms with Gasteiger partial charge < -0.3 is 10.5 Å². The summed E-state index contributed by atoms with van der Waals surface area (Å²) in [6.45, 7) is 3.94. The second-order valence-electron chi connectivity index (χ2n) is 4.45. The molecule has 20 heavy (non-hydrogen) atoms. The predicted molar refractivity (Wildman–Crippen MR) is 83.7 cm³/mol. The van der Waals surface area contributed by atoms with E-state index in [9.17, 15) is 4.79 Å². The second kappa shape index (κ2) is 5.85. The normalized spacial score (nSPS) is 10.4. The average molecular weight is 355 g/mol. The number of hydrogen-bond donors (Lipinski definition) is 1. The minimum absolute atomic E-state index is 0.187. The largest absolute Gasteiger partial charge is 0.456 e. The van der Waals surface area contributed by atoms with E-state index >= 15 is 0 Å². The van der Waals surface area contributed by atoms with Gasteiger partial charge in [0.25, 0.3) is 5.91 Å². The van der Waals surface area contributed by atoms with Crippen LogP contribution in [0, 0.1) is 13.8 Å². The van der Waals surface area contributed by atoms with Crippen molar-refractivity contribution in [3.05, 3.63) is 56.5 Å². The summed E-state index contributed by atoms with van der Waals surface area (Å²) in [5.41, 5.74) is 7.62. The smallest absolute Gasteiger partial charge is 0.254 e. The third kappa shape index (κ3) is 2.97. The Hall–Kier alpha value is -1.52. The van der Waals surface area contributed by atoms with Crippen LogP contribution >= 0.6 is 27.5 Å². The molecule has 1 amide bonds. The van der Waals surface area contributed by atoms with E-state index < -0.39 is 5.91 Å². The summed E-state index contributed by atoms with van der Waals surface area (Å²) in [6, 6.07) is 8.74. The van der Waals surface area contributed by atoms with Gasteiger partial charge in [0.05, 0.1) is 5.02 Å². The molecule has 2 rings (SSSR count). The number of halogens is 2. The second-order valence-corrected chi connectivity index (χ2v) is 5.65. The van der Waals surface area contributed by atoms with E-state index in [4.69, 9.17) is 22.1 Å². The van der Waals surface area contributed by atoms with Crippen molar-refractivity contribution in [2.24, 2.45) is 5.73 Å². The van der Waals surface area contributed by atoms with Crippen molar-refractivity contribution < 1.29 is 9.53 Å². The highest BCUT2D eigenvalue weighted by atomic mass is 79.9. The predicted octanol–water partition coefficient (Wildman–Crippen LogP) is 4.61. The lowest BCUT2D eigenvalue weighted by atomic mass is 10.1. The first kappa shape index (κ1) is 14.9. The summed E-state index contributed by atoms with van der Waals surface area (Å²) in [5, 5.41) is 0.278. The molecule has 0 saturated heterocycles. The Bertz CT molecular complexity index is 663. The van der Waals surface area contributed by atoms with Crippen molar-refractivity contribution in [1.82, 2.24) is 0 Å². The van der Waals surface area contributed by atoms with E-state index in [0.29, 0.717) is 11.5 Å². The quantitative estimate of drug-likeness (QED) is 0.875. The van der Waals surface area contributed by atoms with Crippen molar-refractivity contribution in [2.45, 2.75) is 13.8 Å². The summed E-state index contributed by atoms with van der Waals surface area (Å²) in [5.74, 6) is 0.371. The lowest BCUT2D eigenvalue weighted by Crippen LogP contribution is -2.13. The highest BCUT2D eigenvalue weighted by Gasteiger charge is 2.15. The third-order valence-electron chi connectivity index (χ3n) is 2.86. The molecule has 0 aliphatic carbocycles. The molecule has 0 aliphatic heterocycles. The Morgan fingerprint density at radius 2 is 1.85 bits per heavy atom. The monoisotopic (exact) mass is 353 g/mol. The lowest BCUT2D eigenvalue weighted by Gasteiger charge is -2.12. The van der Waals surface area contributed by atoms with Crippen LogP contribution < -0.4 is 10.5 Å². The minimum Gasteiger partial charge on any atom is -0.456 e. The van der Waals surface area contributed by atoms with Gasteiger partial charge in [-0.05, 0) is 49.2 Å². The van der Waals surface area contributed by atoms with Gasteiger partial charge in [0.15, 0.2) is 0 Å². The van der Waals surface area contributed by atoms with Crippen LogP contribution in [0.4, 0.5) is 0 Å². The molecule has 0 atom stereocenters. The minimum atomic E-state index is -0.615. The van der Waals surface area contributed by atoms with Crippen molar-refractivity contribution >= 4 is 33.4 Å². The number of carbonyl (C=O) groups excluding carboxylic acids is 1. The number of nitrogens with two attached hydrogens (primary N) is 1. The molecule has 0 aromatic heterocycles. The molecule has 0 radical (unpaired) electrons. The standard InChI is InChI=1S/C15H13BrClNO2/c1-8-6-10(7-9(2)14(8)16)20-12-5-3-4-11(17)13(12)15(18)19/h3-7H,1-2H3,(H2,18,19). The molecule has 2 aromatic carbocycles. The number of carbonyl (C=O) groups is 1. The zero-order chi connectivity index (χ0) is 14.9. The molecule has 2 aromatic rings. The zero-order valence-corrected chi connectivity index (χ0v) is 13.4. The highest BCUT2D eigenvalue weighted by molar-refractivity contribution is 9.10. The van der Waals surface area contributed by atoms with Gasteiger partial charge in [-0.1, -0.05) is 33.6 Å². The average Bonchev–Trinajstić information content (AvgIpc) is 2.35. The van der Waals surface area contributed by atoms with Gasteiger partial charge in [-0.25, -0.2) is 0 Å². The van der Waals surface area contributed by atoms with Crippen LogP contribution in [0.2, 0.25) is 5.02 Å². The Balaban J connectivity index is 2.45. The van der Waals surface area contributed by atoms with Gasteiger partial charge in [-0.15, -0.1) is 0 Å². The van der Waals surface area contributed by atoms with Crippen LogP contribution in [0.1, 0.15) is 21.5 Å². The number of amides is 1. The summed E-state index contributed by atoms with van der Waals surface area (Å²) in [7, 11) is 0. The summed E-state index contributed by atoms with van der Waals surface area (Å²) in [4.78, 5) is 11.5. The van der Waals surface area contributed by atoms with Gasteiger partial charge in [0.2, 0.25) is 0 Å². The van der Waals surface area contributed by atoms with Crippen LogP contribution in [-0.2, 0) is 0 Å². The summed E-state index contributed by atoms with van der Waals surface area (Å²) >= 11 is 9.49. The number of aryl methyl sites for hydroxylation is 2. The molecular weight excluding hydrogens is 342 g/mol. The van der Waals surface area contributed by atoms with Gasteiger partial charge in [0.1, 0.15) is 17.1 Å². The summed E-state index contributed by atoms with van der Waals surface area (Å²) in [6.07, 6.45) is 0. The van der Waals surface area contributed by atoms with Crippen molar-refractivity contribution in [2.75, 3.05) is 0 Å². The van der Waals surface area contributed by atoms with Crippen LogP contribution in [0.5, 0.6) is 11.5 Å². The molecular formula is C15H13BrClNO2. The molecule has 0 unspecified atom stereocenters. The van der Waals surface area contributed by atoms with E-state index in [-0.39, 0.29) is 10.6 Å². The number of rotatable bonds is 3. The molecule has 3 nitrogen and oxygen atoms in total. The van der Waals surface area contributed by atoms with E-state index in [1.165, 1.54) is 0 Å². The lowest BCUT2D eigenvalue weighted by molar-refractivity contribution is 0.0998. The van der Waals surface area contributed by atoms with Crippen molar-refractivity contribution in [3.63, 3.8) is 0 Å². The molecule has 2 N–H and O–H groups in total. The molecule has 0 saturated carbocycles. The molecule has 0 aliphatic rings. The van der Waals surface area contributed by atoms with Crippen LogP contribution in [0.25, 0.3) is 0 Å². The maximum atomic E-state index is 11.5. The van der Waals surface area contributed by atoms with Gasteiger partial charge in [0, 0.05) is 4.47 Å². The fourth-order valence-electron chi connectivity index (χ4n) is 1.92. The van der Waals surface area contributed by atoms with Gasteiger partial charge >= 0.3 is 0 Å². The van der Waals surface area contributed by atoms with Gasteiger partial charge in [-0.2, -0.15) is 0 Å². The van der Waals surface area contributed by atoms with Crippen molar-refractivity contribution in [3.8, 4) is 11.5 Å². The van der Waals surface area contributed by atoms with Crippen LogP contribution in [-0.4, -0.2) is 5.91 Å². The Morgan fingerprint density at radius 1 is 1.25 bits per heavy atom. The molecule has 0 bridgehead atoms. The summed E-state index contributed by atoms with van der Waals surface area (Å²) < 4.78 is 6.80. The Kier molecular flexibility index (Phi) is 4.35. The van der Waals surface area contributed by atoms with E-state index in [2.05, 4.69) is 15.9 Å². The third-order valence-corrected chi connectivity index (χ3v) is 4.43. The molecule has 0 heterocycles. The molecule has 5 heteroatoms. The first-order valence-electron chi connectivity index (χ1n) is 5.93. The van der Waals surface area contributed by atoms with Crippen molar-refractivity contribution in [1.29, 1.82) is 0 Å². The topological polar surface area (TPSA) is 52.3 Å². The Labute approximate surface area is 130 Å². The van der Waals surface area contributed by atoms with E-state index in [1.54, 1.807) is 18.2 Å². The maximum Gasteiger partial charge on any atom is 0.254 e. The highest BCUT2D eigenvalue weighted by Crippen LogP contribution is 2.33. The number of benzene rings is 2. The van der Waals surface area contributed by atoms with Crippen LogP contribution in [0.3, 0.4) is 0 Å². The van der Waals surface area contributed by atoms with Crippen LogP contribution in [0.15, 0.2) is 34.8 Å². The zero-order valence-electron chi connectivity index (χ0n) is 11.0. The first-order valence-corrected chi connectivity index (χ1v) is 7.10. The fourth-order valence-corrected chi connectivity index (χ4v) is 2.41. The fraction of sp³-hybridized carbons (Fsp3) is 0.133. The number of ether oxygens (including phenoxy) is 1. The van der Waals surface area contributed by atoms with E-state index in [0.717, 1.165) is 15.6 Å². The SMILES string of the molecule is Cc1cc(Oc2cccc(Cl)c2C(N)=O)cc(C)c1Br. The maximum absolute atomic E-state index is 11.5. The number of primary amides is 1. The van der Waals surface area contributed by atoms with E-state index in [1.807, 2.05) is 26.0 Å². The number of hydrogen-bond acceptors (Lipinski definition) is 2. The molecule has 0 fully saturated rings. The molecule has 0 spiro atoms. The Morgan fingerprint density at radius 3 is 2.40 bits per heavy atom. The van der Waals surface area contributed by atoms with Gasteiger partial charge in [-0.3, -0.25) is 4.79 Å². The first-order chi connectivity index (χ1) is 9.40.